The molecule has 0 unspecified atom stereocenters. The standard InChI is InChI=1S/C10H12N4OS/c11-8-3-1-2-4-9(8)15-6-5-12-10-13-7-14-16-10/h1-4,7H,5-6,11H2,(H,12,13,14). The van der Waals surface area contributed by atoms with Crippen LogP contribution < -0.4 is 15.8 Å². The van der Waals surface area contributed by atoms with Crippen LogP contribution in [0.2, 0.25) is 0 Å². The average molecular weight is 236 g/mol. The lowest BCUT2D eigenvalue weighted by Gasteiger charge is -2.08. The van der Waals surface area contributed by atoms with E-state index in [0.717, 1.165) is 5.13 Å². The van der Waals surface area contributed by atoms with E-state index >= 15 is 0 Å². The lowest BCUT2D eigenvalue weighted by molar-refractivity contribution is 0.334. The predicted octanol–water partition coefficient (Wildman–Crippen LogP) is 1.61. The molecule has 0 fully saturated rings. The minimum Gasteiger partial charge on any atom is -0.490 e. The van der Waals surface area contributed by atoms with Gasteiger partial charge in [-0.3, -0.25) is 0 Å². The molecule has 16 heavy (non-hydrogen) atoms. The smallest absolute Gasteiger partial charge is 0.202 e. The van der Waals surface area contributed by atoms with Gasteiger partial charge in [-0.15, -0.1) is 0 Å². The first-order valence-electron chi connectivity index (χ1n) is 4.84. The van der Waals surface area contributed by atoms with Crippen molar-refractivity contribution in [1.29, 1.82) is 0 Å². The highest BCUT2D eigenvalue weighted by molar-refractivity contribution is 7.09. The van der Waals surface area contributed by atoms with Crippen molar-refractivity contribution in [2.24, 2.45) is 0 Å². The molecule has 0 spiro atoms. The third-order valence-electron chi connectivity index (χ3n) is 1.92. The summed E-state index contributed by atoms with van der Waals surface area (Å²) in [5.74, 6) is 0.710. The van der Waals surface area contributed by atoms with Crippen LogP contribution in [0.5, 0.6) is 5.75 Å². The molecule has 1 aromatic heterocycles. The van der Waals surface area contributed by atoms with E-state index in [1.54, 1.807) is 0 Å². The van der Waals surface area contributed by atoms with E-state index < -0.39 is 0 Å². The molecule has 0 atom stereocenters. The maximum atomic E-state index is 5.73. The molecule has 84 valence electrons. The van der Waals surface area contributed by atoms with Crippen LogP contribution in [0.4, 0.5) is 10.8 Å². The Labute approximate surface area is 97.4 Å². The number of hydrogen-bond donors (Lipinski definition) is 2. The highest BCUT2D eigenvalue weighted by Crippen LogP contribution is 2.19. The SMILES string of the molecule is Nc1ccccc1OCCNc1ncns1. The summed E-state index contributed by atoms with van der Waals surface area (Å²) >= 11 is 1.32. The molecular weight excluding hydrogens is 224 g/mol. The molecule has 5 nitrogen and oxygen atoms in total. The second-order valence-corrected chi connectivity index (χ2v) is 3.84. The Hall–Kier alpha value is -1.82. The third kappa shape index (κ3) is 2.83. The summed E-state index contributed by atoms with van der Waals surface area (Å²) in [6.07, 6.45) is 1.52. The fourth-order valence-electron chi connectivity index (χ4n) is 1.18. The van der Waals surface area contributed by atoms with Gasteiger partial charge in [0, 0.05) is 11.5 Å². The summed E-state index contributed by atoms with van der Waals surface area (Å²) in [7, 11) is 0. The van der Waals surface area contributed by atoms with Crippen LogP contribution in [0, 0.1) is 0 Å². The van der Waals surface area contributed by atoms with Crippen molar-refractivity contribution in [2.75, 3.05) is 24.2 Å². The Bertz CT molecular complexity index is 432. The van der Waals surface area contributed by atoms with Gasteiger partial charge >= 0.3 is 0 Å². The van der Waals surface area contributed by atoms with Crippen LogP contribution >= 0.6 is 11.5 Å². The number of aromatic nitrogens is 2. The van der Waals surface area contributed by atoms with Gasteiger partial charge in [-0.1, -0.05) is 12.1 Å². The summed E-state index contributed by atoms with van der Waals surface area (Å²) in [4.78, 5) is 3.99. The monoisotopic (exact) mass is 236 g/mol. The summed E-state index contributed by atoms with van der Waals surface area (Å²) < 4.78 is 9.38. The largest absolute Gasteiger partial charge is 0.490 e. The van der Waals surface area contributed by atoms with Crippen molar-refractivity contribution in [3.8, 4) is 5.75 Å². The predicted molar refractivity (Wildman–Crippen MR) is 64.7 cm³/mol. The molecule has 0 saturated carbocycles. The second kappa shape index (κ2) is 5.32. The fourth-order valence-corrected chi connectivity index (χ4v) is 1.64. The van der Waals surface area contributed by atoms with E-state index in [2.05, 4.69) is 14.7 Å². The maximum absolute atomic E-state index is 5.73. The fraction of sp³-hybridized carbons (Fsp3) is 0.200. The highest BCUT2D eigenvalue weighted by atomic mass is 32.1. The van der Waals surface area contributed by atoms with Crippen molar-refractivity contribution in [3.63, 3.8) is 0 Å². The molecule has 6 heteroatoms. The van der Waals surface area contributed by atoms with Crippen molar-refractivity contribution in [3.05, 3.63) is 30.6 Å². The molecule has 1 aromatic carbocycles. The van der Waals surface area contributed by atoms with Gasteiger partial charge in [0.15, 0.2) is 0 Å². The zero-order valence-corrected chi connectivity index (χ0v) is 9.41. The van der Waals surface area contributed by atoms with E-state index in [0.29, 0.717) is 24.6 Å². The zero-order valence-electron chi connectivity index (χ0n) is 8.59. The van der Waals surface area contributed by atoms with Gasteiger partial charge in [-0.25, -0.2) is 4.98 Å². The molecule has 0 radical (unpaired) electrons. The van der Waals surface area contributed by atoms with Gasteiger partial charge < -0.3 is 15.8 Å². The van der Waals surface area contributed by atoms with E-state index in [9.17, 15) is 0 Å². The van der Waals surface area contributed by atoms with Crippen molar-refractivity contribution in [1.82, 2.24) is 9.36 Å². The highest BCUT2D eigenvalue weighted by Gasteiger charge is 1.98. The summed E-state index contributed by atoms with van der Waals surface area (Å²) in [5, 5.41) is 3.89. The number of para-hydroxylation sites is 2. The molecule has 2 aromatic rings. The number of benzene rings is 1. The maximum Gasteiger partial charge on any atom is 0.202 e. The van der Waals surface area contributed by atoms with Crippen LogP contribution in [0.15, 0.2) is 30.6 Å². The minimum atomic E-state index is 0.536. The Morgan fingerprint density at radius 2 is 2.25 bits per heavy atom. The minimum absolute atomic E-state index is 0.536. The first-order valence-corrected chi connectivity index (χ1v) is 5.61. The van der Waals surface area contributed by atoms with Gasteiger partial charge in [-0.2, -0.15) is 4.37 Å². The molecular formula is C10H12N4OS. The first-order chi connectivity index (χ1) is 7.86. The normalized spacial score (nSPS) is 10.0. The van der Waals surface area contributed by atoms with E-state index in [1.807, 2.05) is 24.3 Å². The lowest BCUT2D eigenvalue weighted by atomic mass is 10.3. The molecule has 0 bridgehead atoms. The average Bonchev–Trinajstić information content (AvgIpc) is 2.79. The van der Waals surface area contributed by atoms with Crippen LogP contribution in [-0.2, 0) is 0 Å². The Morgan fingerprint density at radius 3 is 3.00 bits per heavy atom. The van der Waals surface area contributed by atoms with Gasteiger partial charge in [-0.05, 0) is 12.1 Å². The van der Waals surface area contributed by atoms with E-state index in [-0.39, 0.29) is 0 Å². The van der Waals surface area contributed by atoms with Crippen LogP contribution in [0.1, 0.15) is 0 Å². The molecule has 0 saturated heterocycles. The van der Waals surface area contributed by atoms with Crippen molar-refractivity contribution >= 4 is 22.4 Å². The van der Waals surface area contributed by atoms with Crippen molar-refractivity contribution in [2.45, 2.75) is 0 Å². The Kier molecular flexibility index (Phi) is 3.55. The van der Waals surface area contributed by atoms with E-state index in [1.165, 1.54) is 17.9 Å². The molecule has 0 aliphatic rings. The molecule has 0 aliphatic heterocycles. The van der Waals surface area contributed by atoms with Crippen molar-refractivity contribution < 1.29 is 4.74 Å². The summed E-state index contributed by atoms with van der Waals surface area (Å²) in [6, 6.07) is 7.43. The number of nitrogens with zero attached hydrogens (tertiary/aromatic N) is 2. The molecule has 0 aliphatic carbocycles. The Balaban J connectivity index is 1.74. The summed E-state index contributed by atoms with van der Waals surface area (Å²) in [6.45, 7) is 1.21. The molecule has 1 heterocycles. The zero-order chi connectivity index (χ0) is 11.2. The molecule has 0 amide bonds. The summed E-state index contributed by atoms with van der Waals surface area (Å²) in [5.41, 5.74) is 6.38. The van der Waals surface area contributed by atoms with Crippen LogP contribution in [-0.4, -0.2) is 22.5 Å². The number of hydrogen-bond acceptors (Lipinski definition) is 6. The number of anilines is 2. The topological polar surface area (TPSA) is 73.1 Å². The number of nitrogens with one attached hydrogen (secondary N) is 1. The third-order valence-corrected chi connectivity index (χ3v) is 2.54. The number of nitrogen functional groups attached to an aromatic ring is 1. The van der Waals surface area contributed by atoms with Gasteiger partial charge in [0.05, 0.1) is 12.2 Å². The second-order valence-electron chi connectivity index (χ2n) is 3.06. The van der Waals surface area contributed by atoms with Gasteiger partial charge in [0.25, 0.3) is 0 Å². The Morgan fingerprint density at radius 1 is 1.38 bits per heavy atom. The molecule has 2 rings (SSSR count). The molecule has 3 N–H and O–H groups in total. The van der Waals surface area contributed by atoms with Crippen LogP contribution in [0.25, 0.3) is 0 Å². The number of rotatable bonds is 5. The van der Waals surface area contributed by atoms with E-state index in [4.69, 9.17) is 10.5 Å². The quantitative estimate of drug-likeness (QED) is 0.609. The number of ether oxygens (including phenoxy) is 1. The van der Waals surface area contributed by atoms with Gasteiger partial charge in [0.1, 0.15) is 18.7 Å². The lowest BCUT2D eigenvalue weighted by Crippen LogP contribution is -2.11. The number of nitrogens with two attached hydrogens (primary N) is 1. The van der Waals surface area contributed by atoms with Crippen LogP contribution in [0.3, 0.4) is 0 Å². The van der Waals surface area contributed by atoms with Gasteiger partial charge in [0.2, 0.25) is 5.13 Å². The first kappa shape index (κ1) is 10.7.